The van der Waals surface area contributed by atoms with Gasteiger partial charge < -0.3 is 5.11 Å². The van der Waals surface area contributed by atoms with Gasteiger partial charge in [-0.1, -0.05) is 30.3 Å². The van der Waals surface area contributed by atoms with Crippen LogP contribution in [-0.2, 0) is 21.3 Å². The molecule has 1 atom stereocenters. The zero-order valence-electron chi connectivity index (χ0n) is 10.6. The first-order valence-electron chi connectivity index (χ1n) is 5.77. The van der Waals surface area contributed by atoms with Crippen molar-refractivity contribution in [2.75, 3.05) is 6.54 Å². The maximum absolute atomic E-state index is 11.8. The van der Waals surface area contributed by atoms with E-state index in [1.54, 1.807) is 6.07 Å². The number of halogens is 3. The van der Waals surface area contributed by atoms with Gasteiger partial charge in [0.1, 0.15) is 6.04 Å². The zero-order chi connectivity index (χ0) is 16.0. The van der Waals surface area contributed by atoms with E-state index in [9.17, 15) is 26.4 Å². The molecule has 0 amide bonds. The molecule has 1 aliphatic rings. The van der Waals surface area contributed by atoms with Gasteiger partial charge in [0.15, 0.2) is 0 Å². The number of carboxylic acids is 1. The van der Waals surface area contributed by atoms with Crippen LogP contribution >= 0.6 is 0 Å². The van der Waals surface area contributed by atoms with Crippen molar-refractivity contribution in [3.8, 4) is 0 Å². The minimum atomic E-state index is -4.21. The van der Waals surface area contributed by atoms with Gasteiger partial charge in [-0.25, -0.2) is 0 Å². The number of rotatable bonds is 1. The molecule has 1 heterocycles. The Morgan fingerprint density at radius 3 is 2.14 bits per heavy atom. The third kappa shape index (κ3) is 5.20. The summed E-state index contributed by atoms with van der Waals surface area (Å²) >= 11 is 0. The third-order valence-electron chi connectivity index (χ3n) is 2.60. The lowest BCUT2D eigenvalue weighted by molar-refractivity contribution is -0.138. The fourth-order valence-electron chi connectivity index (χ4n) is 1.63. The topological polar surface area (TPSA) is 83.5 Å². The molecule has 1 fully saturated rings. The van der Waals surface area contributed by atoms with Crippen molar-refractivity contribution >= 4 is 21.1 Å². The summed E-state index contributed by atoms with van der Waals surface area (Å²) in [7, 11) is -2.37. The summed E-state index contributed by atoms with van der Waals surface area (Å²) < 4.78 is 56.1. The molecule has 1 aromatic carbocycles. The van der Waals surface area contributed by atoms with E-state index in [2.05, 4.69) is 5.32 Å². The molecule has 1 unspecified atom stereocenters. The minimum Gasteiger partial charge on any atom is -0.480 e. The number of carbonyl (C=O) groups is 1. The van der Waals surface area contributed by atoms with E-state index in [0.29, 0.717) is 13.0 Å². The number of carboxylic acid groups (broad SMARTS) is 1. The second kappa shape index (κ2) is 7.23. The molecule has 1 aromatic rings. The molecule has 0 aliphatic carbocycles. The van der Waals surface area contributed by atoms with E-state index in [1.165, 1.54) is 12.1 Å². The van der Waals surface area contributed by atoms with Crippen LogP contribution in [0.25, 0.3) is 0 Å². The maximum Gasteiger partial charge on any atom is 0.416 e. The molecule has 9 heteroatoms. The molecular weight excluding hydrogens is 311 g/mol. The predicted octanol–water partition coefficient (Wildman–Crippen LogP) is 1.19. The molecule has 0 bridgehead atoms. The number of benzene rings is 1. The Morgan fingerprint density at radius 1 is 1.24 bits per heavy atom. The van der Waals surface area contributed by atoms with E-state index in [-0.39, 0.29) is 4.86 Å². The van der Waals surface area contributed by atoms with Crippen LogP contribution < -0.4 is 5.32 Å². The summed E-state index contributed by atoms with van der Waals surface area (Å²) in [6.07, 6.45) is -3.91. The molecule has 0 aromatic heterocycles. The molecule has 0 radical (unpaired) electrons. The van der Waals surface area contributed by atoms with Crippen molar-refractivity contribution in [1.29, 1.82) is 0 Å². The Hall–Kier alpha value is -1.87. The van der Waals surface area contributed by atoms with Gasteiger partial charge in [0.05, 0.1) is 10.4 Å². The Morgan fingerprint density at radius 2 is 1.81 bits per heavy atom. The second-order valence-corrected chi connectivity index (χ2v) is 5.03. The average molecular weight is 323 g/mol. The van der Waals surface area contributed by atoms with Gasteiger partial charge in [-0.05, 0) is 6.42 Å². The average Bonchev–Trinajstić information content (AvgIpc) is 2.89. The van der Waals surface area contributed by atoms with Crippen LogP contribution in [0.3, 0.4) is 0 Å². The molecule has 1 aliphatic heterocycles. The minimum absolute atomic E-state index is 0.0394. The fraction of sp³-hybridized carbons (Fsp3) is 0.333. The number of nitrogens with one attached hydrogen (secondary N) is 1. The lowest BCUT2D eigenvalue weighted by Gasteiger charge is -2.03. The van der Waals surface area contributed by atoms with Gasteiger partial charge in [0.2, 0.25) is 10.3 Å². The van der Waals surface area contributed by atoms with Crippen LogP contribution in [-0.4, -0.2) is 36.9 Å². The molecule has 21 heavy (non-hydrogen) atoms. The first-order valence-corrected chi connectivity index (χ1v) is 6.84. The lowest BCUT2D eigenvalue weighted by Crippen LogP contribution is -2.35. The first-order chi connectivity index (χ1) is 9.73. The van der Waals surface area contributed by atoms with Gasteiger partial charge in [0.25, 0.3) is 0 Å². The summed E-state index contributed by atoms with van der Waals surface area (Å²) in [5.41, 5.74) is -0.602. The first kappa shape index (κ1) is 17.2. The van der Waals surface area contributed by atoms with Crippen LogP contribution in [0.15, 0.2) is 30.3 Å². The van der Waals surface area contributed by atoms with Crippen molar-refractivity contribution < 1.29 is 31.5 Å². The van der Waals surface area contributed by atoms with Crippen molar-refractivity contribution in [1.82, 2.24) is 5.32 Å². The van der Waals surface area contributed by atoms with E-state index in [1.807, 2.05) is 0 Å². The third-order valence-corrected chi connectivity index (χ3v) is 3.47. The van der Waals surface area contributed by atoms with Gasteiger partial charge in [-0.2, -0.15) is 21.6 Å². The molecule has 0 spiro atoms. The molecule has 0 saturated carbocycles. The summed E-state index contributed by atoms with van der Waals surface area (Å²) in [6, 6.07) is 5.36. The highest BCUT2D eigenvalue weighted by Gasteiger charge is 2.30. The number of aliphatic carboxylic acids is 1. The molecule has 2 rings (SSSR count). The quantitative estimate of drug-likeness (QED) is 0.759. The van der Waals surface area contributed by atoms with Crippen molar-refractivity contribution in [2.24, 2.45) is 0 Å². The van der Waals surface area contributed by atoms with E-state index < -0.39 is 34.0 Å². The Labute approximate surface area is 119 Å². The van der Waals surface area contributed by atoms with Crippen LogP contribution in [0.5, 0.6) is 0 Å². The molecular formula is C12H12F3NO4S. The largest absolute Gasteiger partial charge is 0.480 e. The SMILES string of the molecule is FC(F)(F)c1ccccc1.O=C(O)C1NCCC1=S(=O)=O. The smallest absolute Gasteiger partial charge is 0.416 e. The lowest BCUT2D eigenvalue weighted by atomic mass is 10.2. The van der Waals surface area contributed by atoms with Gasteiger partial charge >= 0.3 is 12.1 Å². The van der Waals surface area contributed by atoms with Gasteiger partial charge in [0, 0.05) is 6.54 Å². The molecule has 5 nitrogen and oxygen atoms in total. The number of hydrogen-bond donors (Lipinski definition) is 2. The van der Waals surface area contributed by atoms with Crippen LogP contribution in [0.2, 0.25) is 0 Å². The van der Waals surface area contributed by atoms with Crippen molar-refractivity contribution in [2.45, 2.75) is 18.6 Å². The van der Waals surface area contributed by atoms with E-state index in [0.717, 1.165) is 12.1 Å². The van der Waals surface area contributed by atoms with Crippen molar-refractivity contribution in [3.63, 3.8) is 0 Å². The number of hydrogen-bond acceptors (Lipinski definition) is 4. The van der Waals surface area contributed by atoms with Crippen LogP contribution in [0.1, 0.15) is 12.0 Å². The maximum atomic E-state index is 11.8. The summed E-state index contributed by atoms with van der Waals surface area (Å²) in [5, 5.41) is 11.0. The normalized spacial score (nSPS) is 17.9. The highest BCUT2D eigenvalue weighted by Crippen LogP contribution is 2.28. The standard InChI is InChI=1S/C7H5F3.C5H7NO4S/c8-7(9,10)6-4-2-1-3-5-6;7-5(8)4-3(11(9)10)1-2-6-4/h1-5H;4,6H,1-2H2,(H,7,8). The van der Waals surface area contributed by atoms with E-state index in [4.69, 9.17) is 5.11 Å². The van der Waals surface area contributed by atoms with E-state index >= 15 is 0 Å². The monoisotopic (exact) mass is 323 g/mol. The fourth-order valence-corrected chi connectivity index (χ4v) is 2.27. The predicted molar refractivity (Wildman–Crippen MR) is 69.4 cm³/mol. The van der Waals surface area contributed by atoms with Crippen LogP contribution in [0, 0.1) is 0 Å². The molecule has 2 N–H and O–H groups in total. The van der Waals surface area contributed by atoms with Crippen LogP contribution in [0.4, 0.5) is 13.2 Å². The highest BCUT2D eigenvalue weighted by atomic mass is 32.2. The Balaban J connectivity index is 0.000000211. The summed E-state index contributed by atoms with van der Waals surface area (Å²) in [5.74, 6) is -1.14. The summed E-state index contributed by atoms with van der Waals surface area (Å²) in [6.45, 7) is 0.417. The van der Waals surface area contributed by atoms with Gasteiger partial charge in [-0.15, -0.1) is 0 Å². The second-order valence-electron chi connectivity index (χ2n) is 4.04. The summed E-state index contributed by atoms with van der Waals surface area (Å²) in [4.78, 5) is 10.4. The van der Waals surface area contributed by atoms with Crippen molar-refractivity contribution in [3.05, 3.63) is 35.9 Å². The number of alkyl halides is 3. The Bertz CT molecular complexity index is 618. The molecule has 116 valence electrons. The Kier molecular flexibility index (Phi) is 5.91. The highest BCUT2D eigenvalue weighted by molar-refractivity contribution is 7.73. The molecule has 1 saturated heterocycles. The van der Waals surface area contributed by atoms with Gasteiger partial charge in [-0.3, -0.25) is 10.1 Å². The zero-order valence-corrected chi connectivity index (χ0v) is 11.4.